The van der Waals surface area contributed by atoms with Crippen LogP contribution in [0.3, 0.4) is 0 Å². The molecule has 1 fully saturated rings. The van der Waals surface area contributed by atoms with Crippen molar-refractivity contribution in [3.8, 4) is 0 Å². The van der Waals surface area contributed by atoms with Crippen LogP contribution in [0.1, 0.15) is 21.7 Å². The fraction of sp³-hybridized carbons (Fsp3) is 0.350. The molecule has 9 heteroatoms. The monoisotopic (exact) mass is 434 g/mol. The number of nitrogens with one attached hydrogen (secondary N) is 2. The molecule has 4 amide bonds. The van der Waals surface area contributed by atoms with Gasteiger partial charge in [0.1, 0.15) is 0 Å². The van der Waals surface area contributed by atoms with Gasteiger partial charge in [-0.1, -0.05) is 29.8 Å². The minimum atomic E-state index is -0.506. The van der Waals surface area contributed by atoms with E-state index in [1.807, 2.05) is 22.4 Å². The Balaban J connectivity index is 1.44. The van der Waals surface area contributed by atoms with Crippen LogP contribution < -0.4 is 10.6 Å². The molecule has 0 unspecified atom stereocenters. The van der Waals surface area contributed by atoms with E-state index in [2.05, 4.69) is 10.6 Å². The molecule has 1 saturated heterocycles. The van der Waals surface area contributed by atoms with E-state index in [4.69, 9.17) is 11.6 Å². The number of imide groups is 1. The lowest BCUT2D eigenvalue weighted by atomic mass is 10.2. The Hall–Kier alpha value is -2.42. The predicted molar refractivity (Wildman–Crippen MR) is 113 cm³/mol. The number of hydrogen-bond acceptors (Lipinski definition) is 5. The number of nitrogens with zero attached hydrogens (tertiary/aromatic N) is 2. The predicted octanol–water partition coefficient (Wildman–Crippen LogP) is 2.58. The Labute approximate surface area is 178 Å². The first-order valence-corrected chi connectivity index (χ1v) is 10.6. The Morgan fingerprint density at radius 3 is 2.62 bits per heavy atom. The maximum Gasteiger partial charge on any atom is 0.321 e. The van der Waals surface area contributed by atoms with E-state index >= 15 is 0 Å². The molecule has 1 aliphatic rings. The molecular formula is C20H23ClN4O3S. The van der Waals surface area contributed by atoms with Gasteiger partial charge < -0.3 is 10.2 Å². The average molecular weight is 435 g/mol. The zero-order valence-corrected chi connectivity index (χ0v) is 17.5. The molecular weight excluding hydrogens is 412 g/mol. The number of hydrogen-bond donors (Lipinski definition) is 2. The normalized spacial score (nSPS) is 14.9. The van der Waals surface area contributed by atoms with Gasteiger partial charge in [-0.05, 0) is 30.0 Å². The number of amides is 4. The summed E-state index contributed by atoms with van der Waals surface area (Å²) in [7, 11) is 0. The smallest absolute Gasteiger partial charge is 0.321 e. The second kappa shape index (κ2) is 10.4. The van der Waals surface area contributed by atoms with Gasteiger partial charge >= 0.3 is 6.03 Å². The zero-order valence-electron chi connectivity index (χ0n) is 15.9. The third kappa shape index (κ3) is 6.28. The third-order valence-electron chi connectivity index (χ3n) is 4.60. The van der Waals surface area contributed by atoms with Gasteiger partial charge in [0.05, 0.1) is 23.7 Å². The summed E-state index contributed by atoms with van der Waals surface area (Å²) < 4.78 is 0. The van der Waals surface area contributed by atoms with Gasteiger partial charge in [-0.15, -0.1) is 11.3 Å². The van der Waals surface area contributed by atoms with Crippen LogP contribution in [0.15, 0.2) is 41.8 Å². The Morgan fingerprint density at radius 1 is 1.03 bits per heavy atom. The Bertz CT molecular complexity index is 859. The van der Waals surface area contributed by atoms with Crippen LogP contribution in [0.25, 0.3) is 0 Å². The van der Waals surface area contributed by atoms with Crippen molar-refractivity contribution in [1.82, 2.24) is 20.4 Å². The third-order valence-corrected chi connectivity index (χ3v) is 5.81. The number of benzene rings is 1. The van der Waals surface area contributed by atoms with Crippen molar-refractivity contribution in [3.63, 3.8) is 0 Å². The average Bonchev–Trinajstić information content (AvgIpc) is 3.12. The summed E-state index contributed by atoms with van der Waals surface area (Å²) in [6, 6.07) is 10.3. The van der Waals surface area contributed by atoms with Gasteiger partial charge in [0.25, 0.3) is 5.91 Å². The number of carbonyl (C=O) groups is 3. The first kappa shape index (κ1) is 21.3. The van der Waals surface area contributed by atoms with Gasteiger partial charge in [-0.2, -0.15) is 0 Å². The van der Waals surface area contributed by atoms with Crippen LogP contribution in [0.5, 0.6) is 0 Å². The first-order valence-electron chi connectivity index (χ1n) is 9.39. The molecule has 1 aliphatic heterocycles. The van der Waals surface area contributed by atoms with Crippen molar-refractivity contribution < 1.29 is 14.4 Å². The van der Waals surface area contributed by atoms with Crippen molar-refractivity contribution >= 4 is 40.8 Å². The minimum Gasteiger partial charge on any atom is -0.337 e. The lowest BCUT2D eigenvalue weighted by molar-refractivity contribution is -0.121. The molecule has 2 heterocycles. The Morgan fingerprint density at radius 2 is 1.86 bits per heavy atom. The van der Waals surface area contributed by atoms with Crippen molar-refractivity contribution in [2.24, 2.45) is 0 Å². The van der Waals surface area contributed by atoms with Gasteiger partial charge in [0, 0.05) is 31.1 Å². The van der Waals surface area contributed by atoms with Crippen LogP contribution in [-0.4, -0.2) is 60.4 Å². The van der Waals surface area contributed by atoms with E-state index in [1.54, 1.807) is 40.5 Å². The van der Waals surface area contributed by atoms with Crippen molar-refractivity contribution in [2.45, 2.75) is 13.0 Å². The highest BCUT2D eigenvalue weighted by Crippen LogP contribution is 2.18. The van der Waals surface area contributed by atoms with Crippen LogP contribution in [0.2, 0.25) is 5.02 Å². The summed E-state index contributed by atoms with van der Waals surface area (Å²) in [5.74, 6) is -0.464. The summed E-state index contributed by atoms with van der Waals surface area (Å²) in [6.45, 7) is 2.84. The van der Waals surface area contributed by atoms with E-state index in [1.165, 1.54) is 0 Å². The fourth-order valence-electron chi connectivity index (χ4n) is 3.13. The topological polar surface area (TPSA) is 81.8 Å². The summed E-state index contributed by atoms with van der Waals surface area (Å²) in [6.07, 6.45) is 0.744. The van der Waals surface area contributed by atoms with Crippen LogP contribution in [-0.2, 0) is 11.3 Å². The molecule has 2 aromatic rings. The first-order chi connectivity index (χ1) is 14.0. The lowest BCUT2D eigenvalue weighted by Crippen LogP contribution is -2.45. The molecule has 0 radical (unpaired) electrons. The summed E-state index contributed by atoms with van der Waals surface area (Å²) >= 11 is 7.68. The highest BCUT2D eigenvalue weighted by Gasteiger charge is 2.23. The van der Waals surface area contributed by atoms with Gasteiger partial charge in [0.15, 0.2) is 0 Å². The standard InChI is InChI=1S/C20H23ClN4O3S/c21-17-7-2-1-6-16(17)19(27)25-9-4-8-24(10-11-25)14-18(26)23-20(28)22-13-15-5-3-12-29-15/h1-3,5-7,12H,4,8-11,13-14H2,(H2,22,23,26,28). The number of urea groups is 1. The van der Waals surface area contributed by atoms with Crippen molar-refractivity contribution in [1.29, 1.82) is 0 Å². The largest absolute Gasteiger partial charge is 0.337 e. The number of rotatable bonds is 5. The molecule has 3 rings (SSSR count). The molecule has 1 aromatic carbocycles. The van der Waals surface area contributed by atoms with Gasteiger partial charge in [-0.25, -0.2) is 4.79 Å². The zero-order chi connectivity index (χ0) is 20.6. The van der Waals surface area contributed by atoms with Crippen LogP contribution >= 0.6 is 22.9 Å². The van der Waals surface area contributed by atoms with E-state index in [0.717, 1.165) is 11.3 Å². The van der Waals surface area contributed by atoms with Crippen molar-refractivity contribution in [2.75, 3.05) is 32.7 Å². The maximum atomic E-state index is 12.7. The van der Waals surface area contributed by atoms with Crippen LogP contribution in [0, 0.1) is 0 Å². The molecule has 7 nitrogen and oxygen atoms in total. The number of carbonyl (C=O) groups excluding carboxylic acids is 3. The highest BCUT2D eigenvalue weighted by molar-refractivity contribution is 7.09. The summed E-state index contributed by atoms with van der Waals surface area (Å²) in [5, 5.41) is 7.39. The molecule has 0 spiro atoms. The molecule has 0 atom stereocenters. The van der Waals surface area contributed by atoms with E-state index in [9.17, 15) is 14.4 Å². The van der Waals surface area contributed by atoms with E-state index in [0.29, 0.717) is 43.3 Å². The highest BCUT2D eigenvalue weighted by atomic mass is 35.5. The SMILES string of the molecule is O=C(CN1CCCN(C(=O)c2ccccc2Cl)CC1)NC(=O)NCc1cccs1. The lowest BCUT2D eigenvalue weighted by Gasteiger charge is -2.22. The molecule has 29 heavy (non-hydrogen) atoms. The van der Waals surface area contributed by atoms with Gasteiger partial charge in [-0.3, -0.25) is 19.8 Å². The van der Waals surface area contributed by atoms with E-state index in [-0.39, 0.29) is 18.4 Å². The second-order valence-electron chi connectivity index (χ2n) is 6.71. The van der Waals surface area contributed by atoms with Crippen molar-refractivity contribution in [3.05, 3.63) is 57.2 Å². The second-order valence-corrected chi connectivity index (χ2v) is 8.15. The summed E-state index contributed by atoms with van der Waals surface area (Å²) in [5.41, 5.74) is 0.489. The number of halogens is 1. The fourth-order valence-corrected chi connectivity index (χ4v) is 3.99. The maximum absolute atomic E-state index is 12.7. The van der Waals surface area contributed by atoms with Crippen LogP contribution in [0.4, 0.5) is 4.79 Å². The molecule has 2 N–H and O–H groups in total. The number of thiophene rings is 1. The minimum absolute atomic E-state index is 0.102. The quantitative estimate of drug-likeness (QED) is 0.757. The molecule has 0 saturated carbocycles. The van der Waals surface area contributed by atoms with Gasteiger partial charge in [0.2, 0.25) is 5.91 Å². The van der Waals surface area contributed by atoms with E-state index < -0.39 is 6.03 Å². The summed E-state index contributed by atoms with van der Waals surface area (Å²) in [4.78, 5) is 41.5. The molecule has 154 valence electrons. The molecule has 1 aromatic heterocycles. The molecule has 0 bridgehead atoms. The Kier molecular flexibility index (Phi) is 7.62. The molecule has 0 aliphatic carbocycles.